The minimum absolute atomic E-state index is 0.00730. The maximum absolute atomic E-state index is 14.3. The first kappa shape index (κ1) is 29.2. The summed E-state index contributed by atoms with van der Waals surface area (Å²) in [6, 6.07) is 8.07. The number of phenols is 1. The van der Waals surface area contributed by atoms with Gasteiger partial charge in [-0.25, -0.2) is 0 Å². The fourth-order valence-corrected chi connectivity index (χ4v) is 7.70. The smallest absolute Gasteiger partial charge is 0.253 e. The number of ether oxygens (including phenoxy) is 2. The summed E-state index contributed by atoms with van der Waals surface area (Å²) < 4.78 is 11.2. The molecular formula is C32H37N3O8. The van der Waals surface area contributed by atoms with Gasteiger partial charge in [-0.05, 0) is 93.6 Å². The molecule has 0 aromatic heterocycles. The van der Waals surface area contributed by atoms with E-state index in [1.54, 1.807) is 32.2 Å². The number of benzene rings is 2. The zero-order valence-electron chi connectivity index (χ0n) is 24.8. The average molecular weight is 592 g/mol. The normalized spacial score (nSPS) is 29.6. The second kappa shape index (κ2) is 9.30. The highest BCUT2D eigenvalue weighted by Crippen LogP contribution is 2.67. The van der Waals surface area contributed by atoms with Crippen LogP contribution in [-0.2, 0) is 27.2 Å². The quantitative estimate of drug-likeness (QED) is 0.271. The van der Waals surface area contributed by atoms with Crippen LogP contribution in [0.2, 0.25) is 0 Å². The first-order chi connectivity index (χ1) is 20.1. The van der Waals surface area contributed by atoms with Gasteiger partial charge in [-0.3, -0.25) is 14.5 Å². The van der Waals surface area contributed by atoms with Crippen molar-refractivity contribution in [1.82, 2.24) is 4.90 Å². The van der Waals surface area contributed by atoms with Crippen molar-refractivity contribution in [2.45, 2.75) is 56.1 Å². The summed E-state index contributed by atoms with van der Waals surface area (Å²) in [6.07, 6.45) is 1.02. The summed E-state index contributed by atoms with van der Waals surface area (Å²) >= 11 is 0. The molecule has 6 rings (SSSR count). The molecule has 1 aliphatic heterocycles. The zero-order valence-corrected chi connectivity index (χ0v) is 24.8. The molecule has 0 bridgehead atoms. The number of ketones is 1. The molecule has 11 heteroatoms. The van der Waals surface area contributed by atoms with Gasteiger partial charge in [0.2, 0.25) is 11.6 Å². The maximum atomic E-state index is 14.3. The molecule has 0 radical (unpaired) electrons. The average Bonchev–Trinajstić information content (AvgIpc) is 3.53. The molecule has 2 fully saturated rings. The number of aliphatic hydroxyl groups excluding tert-OH is 2. The van der Waals surface area contributed by atoms with Crippen LogP contribution in [0.15, 0.2) is 47.2 Å². The van der Waals surface area contributed by atoms with Gasteiger partial charge >= 0.3 is 0 Å². The van der Waals surface area contributed by atoms with Crippen LogP contribution in [0.4, 0.5) is 0 Å². The molecule has 3 aliphatic carbocycles. The zero-order chi connectivity index (χ0) is 31.4. The van der Waals surface area contributed by atoms with Gasteiger partial charge in [0, 0.05) is 17.0 Å². The standard InChI is InChI=1S/C32H37N3O8/c1-30(2,34)13-15-10-16(42-5)6-7-17(15)18-8-9-21(36)23-19(18)11-14-12-20-25(35(3)4)27(38)24(29(33)40)32(41)31(20,43-32)28(39)22(14)26(23)37/h6-10,14,20,25,36-38,41H,11-13,34H2,1-5H3,(H2,33,40)/t14-,20-,25-,31-,32?/m0/s1. The Kier molecular flexibility index (Phi) is 6.31. The van der Waals surface area contributed by atoms with Crippen LogP contribution >= 0.6 is 0 Å². The number of nitrogens with zero attached hydrogens (tertiary/aromatic N) is 1. The number of primary amides is 1. The fraction of sp³-hybridized carbons (Fsp3) is 0.438. The third kappa shape index (κ3) is 3.95. The number of hydrogen-bond acceptors (Lipinski definition) is 10. The summed E-state index contributed by atoms with van der Waals surface area (Å²) in [5.74, 6) is -5.92. The number of Topliss-reactive ketones (excluding diaryl/α,β-unsaturated/α-hetero) is 1. The lowest BCUT2D eigenvalue weighted by molar-refractivity contribution is -0.127. The van der Waals surface area contributed by atoms with Gasteiger partial charge in [0.05, 0.1) is 18.7 Å². The fourth-order valence-electron chi connectivity index (χ4n) is 7.70. The Morgan fingerprint density at radius 2 is 1.84 bits per heavy atom. The Morgan fingerprint density at radius 3 is 2.44 bits per heavy atom. The molecule has 1 heterocycles. The second-order valence-corrected chi connectivity index (χ2v) is 13.0. The van der Waals surface area contributed by atoms with Gasteiger partial charge in [0.15, 0.2) is 5.60 Å². The highest BCUT2D eigenvalue weighted by molar-refractivity contribution is 6.14. The molecule has 5 atom stereocenters. The van der Waals surface area contributed by atoms with Crippen molar-refractivity contribution < 1.29 is 39.5 Å². The van der Waals surface area contributed by atoms with E-state index in [2.05, 4.69) is 0 Å². The van der Waals surface area contributed by atoms with E-state index in [9.17, 15) is 30.0 Å². The summed E-state index contributed by atoms with van der Waals surface area (Å²) in [5.41, 5.74) is 12.2. The van der Waals surface area contributed by atoms with Crippen molar-refractivity contribution in [2.75, 3.05) is 21.2 Å². The predicted octanol–water partition coefficient (Wildman–Crippen LogP) is 2.08. The number of rotatable bonds is 6. The molecule has 1 amide bonds. The molecular weight excluding hydrogens is 554 g/mol. The van der Waals surface area contributed by atoms with Crippen molar-refractivity contribution in [1.29, 1.82) is 0 Å². The van der Waals surface area contributed by atoms with Crippen molar-refractivity contribution in [3.8, 4) is 22.6 Å². The lowest BCUT2D eigenvalue weighted by atomic mass is 9.58. The predicted molar refractivity (Wildman–Crippen MR) is 157 cm³/mol. The maximum Gasteiger partial charge on any atom is 0.253 e. The van der Waals surface area contributed by atoms with Gasteiger partial charge in [0.1, 0.15) is 28.6 Å². The topological polar surface area (TPSA) is 192 Å². The molecule has 2 aromatic carbocycles. The number of carbonyl (C=O) groups is 2. The Balaban J connectivity index is 1.53. The molecule has 1 spiro atoms. The number of methoxy groups -OCH3 is 1. The van der Waals surface area contributed by atoms with E-state index in [0.717, 1.165) is 16.7 Å². The summed E-state index contributed by atoms with van der Waals surface area (Å²) in [5, 5.41) is 45.2. The largest absolute Gasteiger partial charge is 0.510 e. The van der Waals surface area contributed by atoms with Crippen LogP contribution in [0.3, 0.4) is 0 Å². The number of hydrogen-bond donors (Lipinski definition) is 6. The number of epoxide rings is 1. The third-order valence-corrected chi connectivity index (χ3v) is 9.36. The van der Waals surface area contributed by atoms with Gasteiger partial charge in [-0.15, -0.1) is 0 Å². The van der Waals surface area contributed by atoms with Crippen LogP contribution in [0.5, 0.6) is 11.5 Å². The number of likely N-dealkylation sites (N-methyl/N-ethyl adjacent to an activating group) is 1. The molecule has 11 nitrogen and oxygen atoms in total. The number of aliphatic hydroxyl groups is 3. The summed E-state index contributed by atoms with van der Waals surface area (Å²) in [6.45, 7) is 3.85. The van der Waals surface area contributed by atoms with Crippen LogP contribution in [0.1, 0.15) is 37.0 Å². The molecule has 43 heavy (non-hydrogen) atoms. The van der Waals surface area contributed by atoms with E-state index < -0.39 is 63.6 Å². The lowest BCUT2D eigenvalue weighted by Gasteiger charge is -2.46. The highest BCUT2D eigenvalue weighted by Gasteiger charge is 2.85. The Bertz CT molecular complexity index is 1650. The number of amides is 1. The Morgan fingerprint density at radius 1 is 1.16 bits per heavy atom. The van der Waals surface area contributed by atoms with Crippen LogP contribution in [0.25, 0.3) is 16.9 Å². The Hall–Kier alpha value is -3.90. The van der Waals surface area contributed by atoms with E-state index >= 15 is 0 Å². The number of nitrogens with two attached hydrogens (primary N) is 2. The molecule has 1 unspecified atom stereocenters. The highest BCUT2D eigenvalue weighted by atomic mass is 16.8. The minimum Gasteiger partial charge on any atom is -0.510 e. The number of carbonyl (C=O) groups excluding carboxylic acids is 2. The van der Waals surface area contributed by atoms with Crippen molar-refractivity contribution >= 4 is 17.4 Å². The number of aromatic hydroxyl groups is 1. The van der Waals surface area contributed by atoms with Crippen molar-refractivity contribution in [3.63, 3.8) is 0 Å². The molecule has 4 aliphatic rings. The Labute approximate surface area is 249 Å². The molecule has 228 valence electrons. The van der Waals surface area contributed by atoms with E-state index in [-0.39, 0.29) is 29.7 Å². The number of phenolic OH excluding ortho intramolecular Hbond substituents is 1. The van der Waals surface area contributed by atoms with Gasteiger partial charge in [-0.1, -0.05) is 12.1 Å². The van der Waals surface area contributed by atoms with E-state index in [0.29, 0.717) is 17.7 Å². The second-order valence-electron chi connectivity index (χ2n) is 13.0. The van der Waals surface area contributed by atoms with E-state index in [1.807, 2.05) is 32.0 Å². The molecule has 8 N–H and O–H groups in total. The third-order valence-electron chi connectivity index (χ3n) is 9.36. The van der Waals surface area contributed by atoms with Crippen LogP contribution in [-0.4, -0.2) is 81.2 Å². The minimum atomic E-state index is -2.42. The first-order valence-electron chi connectivity index (χ1n) is 14.2. The van der Waals surface area contributed by atoms with Gasteiger partial charge < -0.3 is 41.4 Å². The molecule has 2 aromatic rings. The monoisotopic (exact) mass is 591 g/mol. The van der Waals surface area contributed by atoms with Gasteiger partial charge in [0.25, 0.3) is 5.91 Å². The summed E-state index contributed by atoms with van der Waals surface area (Å²) in [4.78, 5) is 28.3. The molecule has 1 saturated heterocycles. The van der Waals surface area contributed by atoms with E-state index in [1.165, 1.54) is 6.07 Å². The van der Waals surface area contributed by atoms with Gasteiger partial charge in [-0.2, -0.15) is 0 Å². The molecule has 1 saturated carbocycles. The lowest BCUT2D eigenvalue weighted by Crippen LogP contribution is -2.60. The van der Waals surface area contributed by atoms with Crippen LogP contribution < -0.4 is 16.2 Å². The number of fused-ring (bicyclic) bond motifs is 2. The SMILES string of the molecule is COc1ccc(-c2ccc(O)c3c2C[C@H]2C[C@H]4[C@H](N(C)C)C(O)=C(C(N)=O)C5(O)O[C@]45C(=O)C2=C3O)c(CC(C)(C)N)c1. The van der Waals surface area contributed by atoms with Crippen LogP contribution in [0, 0.1) is 11.8 Å². The first-order valence-corrected chi connectivity index (χ1v) is 14.2. The summed E-state index contributed by atoms with van der Waals surface area (Å²) in [7, 11) is 4.95. The van der Waals surface area contributed by atoms with E-state index in [4.69, 9.17) is 20.9 Å². The van der Waals surface area contributed by atoms with Crippen molar-refractivity contribution in [2.24, 2.45) is 23.3 Å². The van der Waals surface area contributed by atoms with Crippen molar-refractivity contribution in [3.05, 3.63) is 63.9 Å².